The highest BCUT2D eigenvalue weighted by molar-refractivity contribution is 7.13. The van der Waals surface area contributed by atoms with Gasteiger partial charge in [-0.1, -0.05) is 13.0 Å². The molecule has 1 fully saturated rings. The summed E-state index contributed by atoms with van der Waals surface area (Å²) in [5.41, 5.74) is 3.59. The summed E-state index contributed by atoms with van der Waals surface area (Å²) in [6.45, 7) is 6.97. The third kappa shape index (κ3) is 4.90. The predicted molar refractivity (Wildman–Crippen MR) is 138 cm³/mol. The van der Waals surface area contributed by atoms with Crippen molar-refractivity contribution in [3.63, 3.8) is 0 Å². The van der Waals surface area contributed by atoms with Crippen LogP contribution in [0.15, 0.2) is 48.1 Å². The number of ether oxygens (including phenoxy) is 1. The molecule has 1 atom stereocenters. The van der Waals surface area contributed by atoms with E-state index in [4.69, 9.17) is 14.7 Å². The van der Waals surface area contributed by atoms with Crippen LogP contribution in [0.2, 0.25) is 0 Å². The fraction of sp³-hybridized carbons (Fsp3) is 0.360. The number of pyridine rings is 1. The van der Waals surface area contributed by atoms with Crippen molar-refractivity contribution in [2.45, 2.75) is 26.0 Å². The molecule has 35 heavy (non-hydrogen) atoms. The lowest BCUT2D eigenvalue weighted by Gasteiger charge is -2.39. The number of hydrogen-bond donors (Lipinski definition) is 2. The van der Waals surface area contributed by atoms with Crippen molar-refractivity contribution < 1.29 is 9.53 Å². The van der Waals surface area contributed by atoms with E-state index in [1.54, 1.807) is 29.2 Å². The molecular formula is C25H29N7O2S. The summed E-state index contributed by atoms with van der Waals surface area (Å²) < 4.78 is 7.17. The third-order valence-electron chi connectivity index (χ3n) is 6.12. The van der Waals surface area contributed by atoms with E-state index in [0.29, 0.717) is 23.4 Å². The molecule has 0 saturated carbocycles. The molecule has 4 aromatic rings. The zero-order chi connectivity index (χ0) is 24.4. The van der Waals surface area contributed by atoms with Crippen LogP contribution in [-0.2, 0) is 4.74 Å². The van der Waals surface area contributed by atoms with Gasteiger partial charge in [-0.25, -0.2) is 14.5 Å². The summed E-state index contributed by atoms with van der Waals surface area (Å²) in [5, 5.41) is 12.9. The molecule has 2 N–H and O–H groups in total. The molecule has 5 heterocycles. The summed E-state index contributed by atoms with van der Waals surface area (Å²) in [5.74, 6) is 0.613. The maximum absolute atomic E-state index is 13.1. The number of aromatic nitrogens is 4. The first kappa shape index (κ1) is 23.4. The van der Waals surface area contributed by atoms with Crippen molar-refractivity contribution in [2.24, 2.45) is 0 Å². The molecule has 0 radical (unpaired) electrons. The molecular weight excluding hydrogens is 462 g/mol. The van der Waals surface area contributed by atoms with E-state index in [9.17, 15) is 4.79 Å². The number of fused-ring (bicyclic) bond motifs is 1. The van der Waals surface area contributed by atoms with Gasteiger partial charge in [-0.3, -0.25) is 4.79 Å². The van der Waals surface area contributed by atoms with Gasteiger partial charge in [0.25, 0.3) is 5.91 Å². The topological polar surface area (TPSA) is 96.7 Å². The van der Waals surface area contributed by atoms with Gasteiger partial charge in [-0.15, -0.1) is 11.3 Å². The van der Waals surface area contributed by atoms with E-state index in [1.165, 1.54) is 0 Å². The van der Waals surface area contributed by atoms with Crippen LogP contribution in [0, 0.1) is 0 Å². The van der Waals surface area contributed by atoms with E-state index >= 15 is 0 Å². The predicted octanol–water partition coefficient (Wildman–Crippen LogP) is 3.08. The Labute approximate surface area is 208 Å². The van der Waals surface area contributed by atoms with Gasteiger partial charge in [0.05, 0.1) is 34.1 Å². The SMILES string of the molecule is CCN[C@@H](C)CNC(=O)c1cc(-c2cnn3ccc(-c4cccs4)nc23)nc(N2CC(OC)C2)c1. The second-order valence-electron chi connectivity index (χ2n) is 8.65. The standard InChI is InChI=1S/C25H29N7O2S/c1-4-26-16(2)12-27-25(33)17-10-21(29-23(11-17)31-14-18(15-31)34-3)19-13-28-32-8-7-20(30-24(19)32)22-6-5-9-35-22/h5-11,13,16,18,26H,4,12,14-15H2,1-3H3,(H,27,33)/t16-/m0/s1. The van der Waals surface area contributed by atoms with Gasteiger partial charge < -0.3 is 20.3 Å². The van der Waals surface area contributed by atoms with Crippen LogP contribution in [-0.4, -0.2) is 70.9 Å². The number of anilines is 1. The van der Waals surface area contributed by atoms with Crippen molar-refractivity contribution in [1.82, 2.24) is 30.2 Å². The lowest BCUT2D eigenvalue weighted by Crippen LogP contribution is -2.52. The van der Waals surface area contributed by atoms with E-state index in [1.807, 2.05) is 55.8 Å². The van der Waals surface area contributed by atoms with Crippen LogP contribution in [0.5, 0.6) is 0 Å². The van der Waals surface area contributed by atoms with Crippen molar-refractivity contribution in [2.75, 3.05) is 38.2 Å². The second kappa shape index (κ2) is 10.1. The van der Waals surface area contributed by atoms with E-state index < -0.39 is 0 Å². The lowest BCUT2D eigenvalue weighted by molar-refractivity contribution is 0.0783. The summed E-state index contributed by atoms with van der Waals surface area (Å²) >= 11 is 1.64. The second-order valence-corrected chi connectivity index (χ2v) is 9.59. The normalized spacial score (nSPS) is 14.8. The van der Waals surface area contributed by atoms with E-state index in [2.05, 4.69) is 20.6 Å². The molecule has 4 aromatic heterocycles. The first-order valence-electron chi connectivity index (χ1n) is 11.8. The molecule has 0 aromatic carbocycles. The van der Waals surface area contributed by atoms with Crippen LogP contribution < -0.4 is 15.5 Å². The fourth-order valence-electron chi connectivity index (χ4n) is 4.10. The molecule has 0 unspecified atom stereocenters. The van der Waals surface area contributed by atoms with E-state index in [-0.39, 0.29) is 18.1 Å². The molecule has 10 heteroatoms. The lowest BCUT2D eigenvalue weighted by atomic mass is 10.1. The number of thiophene rings is 1. The minimum Gasteiger partial charge on any atom is -0.378 e. The van der Waals surface area contributed by atoms with Gasteiger partial charge in [0.2, 0.25) is 0 Å². The Balaban J connectivity index is 1.51. The number of carbonyl (C=O) groups excluding carboxylic acids is 1. The van der Waals surface area contributed by atoms with Gasteiger partial charge in [0.1, 0.15) is 5.82 Å². The molecule has 5 rings (SSSR count). The highest BCUT2D eigenvalue weighted by atomic mass is 32.1. The van der Waals surface area contributed by atoms with Crippen LogP contribution in [0.1, 0.15) is 24.2 Å². The number of likely N-dealkylation sites (N-methyl/N-ethyl adjacent to an activating group) is 1. The first-order valence-corrected chi connectivity index (χ1v) is 12.6. The quantitative estimate of drug-likeness (QED) is 0.371. The molecule has 0 spiro atoms. The zero-order valence-electron chi connectivity index (χ0n) is 20.1. The molecule has 0 bridgehead atoms. The van der Waals surface area contributed by atoms with Crippen LogP contribution in [0.4, 0.5) is 5.82 Å². The maximum atomic E-state index is 13.1. The number of nitrogens with one attached hydrogen (secondary N) is 2. The summed E-state index contributed by atoms with van der Waals surface area (Å²) in [7, 11) is 1.71. The molecule has 182 valence electrons. The third-order valence-corrected chi connectivity index (χ3v) is 7.01. The highest BCUT2D eigenvalue weighted by Crippen LogP contribution is 2.30. The molecule has 1 amide bonds. The van der Waals surface area contributed by atoms with Crippen LogP contribution in [0.3, 0.4) is 0 Å². The highest BCUT2D eigenvalue weighted by Gasteiger charge is 2.29. The minimum atomic E-state index is -0.132. The number of amides is 1. The summed E-state index contributed by atoms with van der Waals surface area (Å²) in [4.78, 5) is 26.1. The molecule has 9 nitrogen and oxygen atoms in total. The number of nitrogens with zero attached hydrogens (tertiary/aromatic N) is 5. The monoisotopic (exact) mass is 491 g/mol. The first-order chi connectivity index (χ1) is 17.1. The van der Waals surface area contributed by atoms with Gasteiger partial charge in [0, 0.05) is 44.5 Å². The van der Waals surface area contributed by atoms with Crippen molar-refractivity contribution in [3.8, 4) is 21.8 Å². The molecule has 1 aliphatic rings. The average molecular weight is 492 g/mol. The average Bonchev–Trinajstić information content (AvgIpc) is 3.52. The summed E-state index contributed by atoms with van der Waals surface area (Å²) in [6.07, 6.45) is 3.83. The minimum absolute atomic E-state index is 0.132. The largest absolute Gasteiger partial charge is 0.378 e. The fourth-order valence-corrected chi connectivity index (χ4v) is 4.80. The van der Waals surface area contributed by atoms with Crippen molar-refractivity contribution in [1.29, 1.82) is 0 Å². The molecule has 1 aliphatic heterocycles. The smallest absolute Gasteiger partial charge is 0.251 e. The van der Waals surface area contributed by atoms with Gasteiger partial charge >= 0.3 is 0 Å². The van der Waals surface area contributed by atoms with Gasteiger partial charge in [-0.05, 0) is 43.1 Å². The number of hydrogen-bond acceptors (Lipinski definition) is 8. The van der Waals surface area contributed by atoms with Crippen molar-refractivity contribution >= 4 is 28.7 Å². The van der Waals surface area contributed by atoms with Crippen LogP contribution in [0.25, 0.3) is 27.5 Å². The van der Waals surface area contributed by atoms with Crippen LogP contribution >= 0.6 is 11.3 Å². The Hall–Kier alpha value is -3.34. The Kier molecular flexibility index (Phi) is 6.76. The van der Waals surface area contributed by atoms with E-state index in [0.717, 1.165) is 41.6 Å². The Bertz CT molecular complexity index is 1310. The Morgan fingerprint density at radius 1 is 1.26 bits per heavy atom. The Morgan fingerprint density at radius 3 is 2.86 bits per heavy atom. The summed E-state index contributed by atoms with van der Waals surface area (Å²) in [6, 6.07) is 9.86. The molecule has 0 aliphatic carbocycles. The number of rotatable bonds is 9. The molecule has 1 saturated heterocycles. The number of carbonyl (C=O) groups is 1. The zero-order valence-corrected chi connectivity index (χ0v) is 20.9. The van der Waals surface area contributed by atoms with Gasteiger partial charge in [0.15, 0.2) is 5.65 Å². The van der Waals surface area contributed by atoms with Gasteiger partial charge in [-0.2, -0.15) is 5.10 Å². The Morgan fingerprint density at radius 2 is 2.11 bits per heavy atom. The maximum Gasteiger partial charge on any atom is 0.251 e. The van der Waals surface area contributed by atoms with Crippen molar-refractivity contribution in [3.05, 3.63) is 53.7 Å². The number of methoxy groups -OCH3 is 1.